The van der Waals surface area contributed by atoms with Gasteiger partial charge in [0.25, 0.3) is 0 Å². The maximum Gasteiger partial charge on any atom is 0.220 e. The first kappa shape index (κ1) is 60.3. The third kappa shape index (κ3) is 50.2. The van der Waals surface area contributed by atoms with E-state index in [0.717, 1.165) is 83.5 Å². The van der Waals surface area contributed by atoms with Gasteiger partial charge >= 0.3 is 0 Å². The van der Waals surface area contributed by atoms with Crippen LogP contribution in [0.2, 0.25) is 0 Å². The minimum absolute atomic E-state index is 0.0848. The Kier molecular flexibility index (Phi) is 51.4. The van der Waals surface area contributed by atoms with E-state index in [9.17, 15) is 15.0 Å². The van der Waals surface area contributed by atoms with Crippen molar-refractivity contribution in [2.75, 3.05) is 6.61 Å². The zero-order chi connectivity index (χ0) is 45.6. The van der Waals surface area contributed by atoms with Crippen LogP contribution in [-0.2, 0) is 4.79 Å². The van der Waals surface area contributed by atoms with Gasteiger partial charge in [-0.1, -0.05) is 259 Å². The first-order chi connectivity index (χ1) is 31.2. The fourth-order valence-corrected chi connectivity index (χ4v) is 7.73. The predicted octanol–water partition coefficient (Wildman–Crippen LogP) is 17.7. The summed E-state index contributed by atoms with van der Waals surface area (Å²) in [4.78, 5) is 12.5. The van der Waals surface area contributed by atoms with Crippen LogP contribution < -0.4 is 5.32 Å². The van der Waals surface area contributed by atoms with Crippen LogP contribution in [0.1, 0.15) is 251 Å². The molecule has 0 fully saturated rings. The lowest BCUT2D eigenvalue weighted by Crippen LogP contribution is -2.45. The van der Waals surface area contributed by atoms with Gasteiger partial charge in [-0.2, -0.15) is 0 Å². The number of hydrogen-bond acceptors (Lipinski definition) is 3. The van der Waals surface area contributed by atoms with Gasteiger partial charge in [-0.25, -0.2) is 0 Å². The Hall–Kier alpha value is -2.69. The molecule has 2 atom stereocenters. The normalized spacial score (nSPS) is 13.7. The van der Waals surface area contributed by atoms with Crippen molar-refractivity contribution < 1.29 is 15.0 Å². The Morgan fingerprint density at radius 3 is 1.11 bits per heavy atom. The topological polar surface area (TPSA) is 69.6 Å². The number of aliphatic hydroxyl groups excluding tert-OH is 2. The fraction of sp³-hybridized carbons (Fsp3) is 0.712. The van der Waals surface area contributed by atoms with Crippen LogP contribution in [0.4, 0.5) is 0 Å². The summed E-state index contributed by atoms with van der Waals surface area (Å²) in [5.41, 5.74) is 0. The Bertz CT molecular complexity index is 1170. The summed E-state index contributed by atoms with van der Waals surface area (Å²) in [6.07, 6.45) is 79.8. The summed E-state index contributed by atoms with van der Waals surface area (Å²) in [7, 11) is 0. The van der Waals surface area contributed by atoms with Gasteiger partial charge in [0.2, 0.25) is 5.91 Å². The van der Waals surface area contributed by atoms with Crippen molar-refractivity contribution in [1.82, 2.24) is 5.32 Å². The second kappa shape index (κ2) is 53.6. The molecule has 4 nitrogen and oxygen atoms in total. The molecule has 3 N–H and O–H groups in total. The van der Waals surface area contributed by atoms with Gasteiger partial charge in [0, 0.05) is 6.42 Å². The summed E-state index contributed by atoms with van der Waals surface area (Å²) in [6.45, 7) is 4.19. The molecule has 0 saturated heterocycles. The standard InChI is InChI=1S/C59H103NO3/c1-3-5-7-9-11-13-15-17-19-21-23-25-27-29-30-31-33-35-37-39-41-43-45-47-49-51-53-55-59(63)60-57(56-61)58(62)54-52-50-48-46-44-42-40-38-36-34-32-28-26-24-22-20-18-16-14-12-10-8-6-4-2/h5,7,11,13,17,19,23,25,29-30,33,35,44,46,52,54,57-58,61-62H,3-4,6,8-10,12,14-16,18,20-22,24,26-28,31-32,34,36-43,45,47-51,53,55-56H2,1-2H3,(H,60,63)/b7-5-,13-11-,19-17-,25-23-,30-29-,35-33-,46-44+,54-52+. The minimum atomic E-state index is -0.873. The number of carbonyl (C=O) groups excluding carboxylic acids is 1. The van der Waals surface area contributed by atoms with Crippen LogP contribution in [0.25, 0.3) is 0 Å². The number of nitrogens with one attached hydrogen (secondary N) is 1. The number of hydrogen-bond donors (Lipinski definition) is 3. The van der Waals surface area contributed by atoms with Gasteiger partial charge < -0.3 is 15.5 Å². The summed E-state index contributed by atoms with van der Waals surface area (Å²) in [6, 6.07) is -0.651. The minimum Gasteiger partial charge on any atom is -0.394 e. The molecule has 0 heterocycles. The SMILES string of the molecule is CC/C=C\C/C=C\C/C=C\C/C=C\C/C=C\C/C=C\CCCCCCCCCCC(=O)NC(CO)C(O)/C=C/CC/C=C/CCCCCCCCCCCCCCCCCCCC. The van der Waals surface area contributed by atoms with E-state index in [0.29, 0.717) is 6.42 Å². The monoisotopic (exact) mass is 874 g/mol. The molecule has 0 bridgehead atoms. The zero-order valence-electron chi connectivity index (χ0n) is 41.6. The molecule has 2 unspecified atom stereocenters. The molecule has 0 spiro atoms. The van der Waals surface area contributed by atoms with Gasteiger partial charge in [-0.05, 0) is 83.5 Å². The van der Waals surface area contributed by atoms with Crippen LogP contribution in [0.3, 0.4) is 0 Å². The lowest BCUT2D eigenvalue weighted by atomic mass is 10.0. The molecule has 4 heteroatoms. The first-order valence-corrected chi connectivity index (χ1v) is 27.0. The van der Waals surface area contributed by atoms with Crippen molar-refractivity contribution in [3.63, 3.8) is 0 Å². The number of rotatable bonds is 48. The van der Waals surface area contributed by atoms with Crippen molar-refractivity contribution in [2.24, 2.45) is 0 Å². The molecule has 0 aliphatic heterocycles. The highest BCUT2D eigenvalue weighted by atomic mass is 16.3. The van der Waals surface area contributed by atoms with E-state index in [1.165, 1.54) is 148 Å². The molecule has 0 rings (SSSR count). The lowest BCUT2D eigenvalue weighted by Gasteiger charge is -2.19. The van der Waals surface area contributed by atoms with Gasteiger partial charge in [0.05, 0.1) is 18.8 Å². The molecule has 0 radical (unpaired) electrons. The second-order valence-electron chi connectivity index (χ2n) is 17.9. The van der Waals surface area contributed by atoms with E-state index in [2.05, 4.69) is 104 Å². The fourth-order valence-electron chi connectivity index (χ4n) is 7.73. The lowest BCUT2D eigenvalue weighted by molar-refractivity contribution is -0.123. The number of carbonyl (C=O) groups is 1. The Labute approximate surface area is 392 Å². The highest BCUT2D eigenvalue weighted by molar-refractivity contribution is 5.76. The largest absolute Gasteiger partial charge is 0.394 e. The molecule has 1 amide bonds. The van der Waals surface area contributed by atoms with Gasteiger partial charge in [-0.15, -0.1) is 0 Å². The molecule has 0 aromatic heterocycles. The van der Waals surface area contributed by atoms with E-state index < -0.39 is 12.1 Å². The number of aliphatic hydroxyl groups is 2. The van der Waals surface area contributed by atoms with Crippen LogP contribution in [0.5, 0.6) is 0 Å². The van der Waals surface area contributed by atoms with Gasteiger partial charge in [0.15, 0.2) is 0 Å². The number of amides is 1. The Morgan fingerprint density at radius 2 is 0.714 bits per heavy atom. The Balaban J connectivity index is 3.62. The summed E-state index contributed by atoms with van der Waals surface area (Å²) >= 11 is 0. The smallest absolute Gasteiger partial charge is 0.220 e. The zero-order valence-corrected chi connectivity index (χ0v) is 41.6. The van der Waals surface area contributed by atoms with Gasteiger partial charge in [-0.3, -0.25) is 4.79 Å². The average Bonchev–Trinajstić information content (AvgIpc) is 3.29. The molecular weight excluding hydrogens is 771 g/mol. The highest BCUT2D eigenvalue weighted by Gasteiger charge is 2.17. The van der Waals surface area contributed by atoms with Crippen molar-refractivity contribution in [2.45, 2.75) is 264 Å². The Morgan fingerprint density at radius 1 is 0.397 bits per heavy atom. The second-order valence-corrected chi connectivity index (χ2v) is 17.9. The molecule has 0 saturated carbocycles. The van der Waals surface area contributed by atoms with Crippen LogP contribution in [0, 0.1) is 0 Å². The third-order valence-corrected chi connectivity index (χ3v) is 11.8. The molecule has 362 valence electrons. The average molecular weight is 874 g/mol. The maximum absolute atomic E-state index is 12.5. The van der Waals surface area contributed by atoms with E-state index >= 15 is 0 Å². The van der Waals surface area contributed by atoms with E-state index in [1.807, 2.05) is 6.08 Å². The van der Waals surface area contributed by atoms with E-state index in [-0.39, 0.29) is 12.5 Å². The molecule has 63 heavy (non-hydrogen) atoms. The molecular formula is C59H103NO3. The van der Waals surface area contributed by atoms with Crippen LogP contribution >= 0.6 is 0 Å². The predicted molar refractivity (Wildman–Crippen MR) is 280 cm³/mol. The molecule has 0 aliphatic rings. The summed E-state index contributed by atoms with van der Waals surface area (Å²) in [5, 5.41) is 23.1. The summed E-state index contributed by atoms with van der Waals surface area (Å²) < 4.78 is 0. The van der Waals surface area contributed by atoms with Crippen LogP contribution in [-0.4, -0.2) is 34.9 Å². The first-order valence-electron chi connectivity index (χ1n) is 27.0. The molecule has 0 aromatic carbocycles. The molecule has 0 aromatic rings. The van der Waals surface area contributed by atoms with Crippen LogP contribution in [0.15, 0.2) is 97.2 Å². The van der Waals surface area contributed by atoms with Gasteiger partial charge in [0.1, 0.15) is 0 Å². The number of unbranched alkanes of at least 4 members (excludes halogenated alkanes) is 27. The third-order valence-electron chi connectivity index (χ3n) is 11.8. The van der Waals surface area contributed by atoms with Crippen molar-refractivity contribution in [1.29, 1.82) is 0 Å². The van der Waals surface area contributed by atoms with Crippen molar-refractivity contribution >= 4 is 5.91 Å². The van der Waals surface area contributed by atoms with E-state index in [1.54, 1.807) is 6.08 Å². The maximum atomic E-state index is 12.5. The molecule has 0 aliphatic carbocycles. The quantitative estimate of drug-likeness (QED) is 0.0421. The van der Waals surface area contributed by atoms with Crippen molar-refractivity contribution in [3.05, 3.63) is 97.2 Å². The number of allylic oxidation sites excluding steroid dienone is 15. The highest BCUT2D eigenvalue weighted by Crippen LogP contribution is 2.15. The van der Waals surface area contributed by atoms with Crippen molar-refractivity contribution in [3.8, 4) is 0 Å². The summed E-state index contributed by atoms with van der Waals surface area (Å²) in [5.74, 6) is -0.0848. The van der Waals surface area contributed by atoms with E-state index in [4.69, 9.17) is 0 Å².